The third-order valence-electron chi connectivity index (χ3n) is 4.56. The van der Waals surface area contributed by atoms with E-state index in [4.69, 9.17) is 4.98 Å². The minimum Gasteiger partial charge on any atom is -0.319 e. The lowest BCUT2D eigenvalue weighted by atomic mass is 10.1. The molecule has 0 saturated heterocycles. The van der Waals surface area contributed by atoms with Crippen molar-refractivity contribution in [2.45, 2.75) is 20.4 Å². The predicted octanol–water partition coefficient (Wildman–Crippen LogP) is 5.51. The molecule has 4 aromatic rings. The van der Waals surface area contributed by atoms with Crippen molar-refractivity contribution in [2.24, 2.45) is 0 Å². The van der Waals surface area contributed by atoms with Gasteiger partial charge in [0.1, 0.15) is 11.6 Å². The standard InChI is InChI=1S/C22H19FN2/c1-15-11-12-18(16(2)13-15)22-24-20-9-5-6-10-21(20)25(22)14-17-7-3-4-8-19(17)23/h3-13H,14H2,1-2H3. The number of aromatic nitrogens is 2. The summed E-state index contributed by atoms with van der Waals surface area (Å²) in [6.45, 7) is 4.63. The maximum Gasteiger partial charge on any atom is 0.141 e. The fourth-order valence-electron chi connectivity index (χ4n) is 3.30. The van der Waals surface area contributed by atoms with Gasteiger partial charge in [-0.25, -0.2) is 9.37 Å². The third-order valence-corrected chi connectivity index (χ3v) is 4.56. The molecule has 0 aliphatic carbocycles. The van der Waals surface area contributed by atoms with Crippen molar-refractivity contribution >= 4 is 11.0 Å². The molecule has 0 bridgehead atoms. The second-order valence-corrected chi connectivity index (χ2v) is 6.42. The summed E-state index contributed by atoms with van der Waals surface area (Å²) in [5.74, 6) is 0.689. The van der Waals surface area contributed by atoms with E-state index in [0.29, 0.717) is 12.1 Å². The van der Waals surface area contributed by atoms with Crippen LogP contribution in [0, 0.1) is 19.7 Å². The Hall–Kier alpha value is -2.94. The van der Waals surface area contributed by atoms with Gasteiger partial charge in [-0.3, -0.25) is 0 Å². The second-order valence-electron chi connectivity index (χ2n) is 6.42. The molecule has 0 aliphatic rings. The van der Waals surface area contributed by atoms with Crippen LogP contribution in [0.15, 0.2) is 66.7 Å². The summed E-state index contributed by atoms with van der Waals surface area (Å²) in [6, 6.07) is 21.3. The van der Waals surface area contributed by atoms with Gasteiger partial charge in [0, 0.05) is 11.1 Å². The van der Waals surface area contributed by atoms with Gasteiger partial charge >= 0.3 is 0 Å². The van der Waals surface area contributed by atoms with Crippen molar-refractivity contribution in [3.63, 3.8) is 0 Å². The van der Waals surface area contributed by atoms with E-state index in [1.54, 1.807) is 6.07 Å². The van der Waals surface area contributed by atoms with Crippen LogP contribution in [0.4, 0.5) is 4.39 Å². The van der Waals surface area contributed by atoms with E-state index in [0.717, 1.165) is 22.4 Å². The smallest absolute Gasteiger partial charge is 0.141 e. The molecule has 0 spiro atoms. The van der Waals surface area contributed by atoms with Crippen LogP contribution in [-0.4, -0.2) is 9.55 Å². The van der Waals surface area contributed by atoms with Gasteiger partial charge in [0.05, 0.1) is 17.6 Å². The number of imidazole rings is 1. The lowest BCUT2D eigenvalue weighted by Crippen LogP contribution is -2.04. The van der Waals surface area contributed by atoms with Gasteiger partial charge in [0.25, 0.3) is 0 Å². The van der Waals surface area contributed by atoms with Crippen molar-refractivity contribution in [3.05, 3.63) is 89.2 Å². The van der Waals surface area contributed by atoms with Crippen LogP contribution in [0.1, 0.15) is 16.7 Å². The number of rotatable bonds is 3. The number of benzene rings is 3. The molecule has 0 radical (unpaired) electrons. The Morgan fingerprint density at radius 2 is 1.68 bits per heavy atom. The number of fused-ring (bicyclic) bond motifs is 1. The molecule has 1 aromatic heterocycles. The Morgan fingerprint density at radius 3 is 2.48 bits per heavy atom. The molecule has 25 heavy (non-hydrogen) atoms. The summed E-state index contributed by atoms with van der Waals surface area (Å²) in [5.41, 5.74) is 6.08. The maximum absolute atomic E-state index is 14.2. The monoisotopic (exact) mass is 330 g/mol. The maximum atomic E-state index is 14.2. The minimum absolute atomic E-state index is 0.188. The van der Waals surface area contributed by atoms with E-state index >= 15 is 0 Å². The molecule has 4 rings (SSSR count). The molecule has 0 N–H and O–H groups in total. The Balaban J connectivity index is 1.94. The molecule has 0 unspecified atom stereocenters. The third kappa shape index (κ3) is 2.82. The van der Waals surface area contributed by atoms with Gasteiger partial charge in [-0.2, -0.15) is 0 Å². The molecule has 0 saturated carbocycles. The van der Waals surface area contributed by atoms with Crippen LogP contribution in [0.5, 0.6) is 0 Å². The zero-order chi connectivity index (χ0) is 17.4. The van der Waals surface area contributed by atoms with Crippen molar-refractivity contribution < 1.29 is 4.39 Å². The fraction of sp³-hybridized carbons (Fsp3) is 0.136. The topological polar surface area (TPSA) is 17.8 Å². The molecular weight excluding hydrogens is 311 g/mol. The summed E-state index contributed by atoms with van der Waals surface area (Å²) < 4.78 is 16.3. The lowest BCUT2D eigenvalue weighted by molar-refractivity contribution is 0.602. The second kappa shape index (κ2) is 6.17. The highest BCUT2D eigenvalue weighted by molar-refractivity contribution is 5.81. The van der Waals surface area contributed by atoms with Gasteiger partial charge in [0.2, 0.25) is 0 Å². The fourth-order valence-corrected chi connectivity index (χ4v) is 3.30. The summed E-state index contributed by atoms with van der Waals surface area (Å²) in [5, 5.41) is 0. The zero-order valence-electron chi connectivity index (χ0n) is 14.3. The summed E-state index contributed by atoms with van der Waals surface area (Å²) in [6.07, 6.45) is 0. The number of para-hydroxylation sites is 2. The summed E-state index contributed by atoms with van der Waals surface area (Å²) in [4.78, 5) is 4.84. The minimum atomic E-state index is -0.188. The molecule has 0 atom stereocenters. The molecule has 2 nitrogen and oxygen atoms in total. The van der Waals surface area contributed by atoms with Crippen LogP contribution in [0.25, 0.3) is 22.4 Å². The quantitative estimate of drug-likeness (QED) is 0.484. The first-order chi connectivity index (χ1) is 12.1. The highest BCUT2D eigenvalue weighted by Gasteiger charge is 2.15. The Bertz CT molecular complexity index is 1060. The first-order valence-electron chi connectivity index (χ1n) is 8.40. The summed E-state index contributed by atoms with van der Waals surface area (Å²) in [7, 11) is 0. The lowest BCUT2D eigenvalue weighted by Gasteiger charge is -2.12. The van der Waals surface area contributed by atoms with Crippen LogP contribution >= 0.6 is 0 Å². The highest BCUT2D eigenvalue weighted by Crippen LogP contribution is 2.29. The normalized spacial score (nSPS) is 11.2. The largest absolute Gasteiger partial charge is 0.319 e. The first kappa shape index (κ1) is 15.6. The number of aryl methyl sites for hydroxylation is 2. The molecule has 124 valence electrons. The van der Waals surface area contributed by atoms with Gasteiger partial charge in [-0.05, 0) is 37.6 Å². The van der Waals surface area contributed by atoms with Gasteiger partial charge in [-0.15, -0.1) is 0 Å². The van der Waals surface area contributed by atoms with Crippen LogP contribution in [0.3, 0.4) is 0 Å². The highest BCUT2D eigenvalue weighted by atomic mass is 19.1. The van der Waals surface area contributed by atoms with Crippen molar-refractivity contribution in [3.8, 4) is 11.4 Å². The first-order valence-corrected chi connectivity index (χ1v) is 8.40. The van der Waals surface area contributed by atoms with E-state index in [2.05, 4.69) is 36.6 Å². The Labute approximate surface area is 146 Å². The summed E-state index contributed by atoms with van der Waals surface area (Å²) >= 11 is 0. The van der Waals surface area contributed by atoms with Crippen LogP contribution in [-0.2, 0) is 6.54 Å². The SMILES string of the molecule is Cc1ccc(-c2nc3ccccc3n2Cc2ccccc2F)c(C)c1. The van der Waals surface area contributed by atoms with Crippen LogP contribution in [0.2, 0.25) is 0 Å². The van der Waals surface area contributed by atoms with Gasteiger partial charge < -0.3 is 4.57 Å². The van der Waals surface area contributed by atoms with Crippen molar-refractivity contribution in [1.29, 1.82) is 0 Å². The molecule has 3 heteroatoms. The average Bonchev–Trinajstić information content (AvgIpc) is 2.95. The van der Waals surface area contributed by atoms with Crippen molar-refractivity contribution in [1.82, 2.24) is 9.55 Å². The molecule has 1 heterocycles. The van der Waals surface area contributed by atoms with E-state index in [-0.39, 0.29) is 5.82 Å². The Morgan fingerprint density at radius 1 is 0.920 bits per heavy atom. The van der Waals surface area contributed by atoms with E-state index < -0.39 is 0 Å². The van der Waals surface area contributed by atoms with E-state index in [9.17, 15) is 4.39 Å². The number of halogens is 1. The zero-order valence-corrected chi connectivity index (χ0v) is 14.3. The number of hydrogen-bond acceptors (Lipinski definition) is 1. The number of hydrogen-bond donors (Lipinski definition) is 0. The molecule has 0 fully saturated rings. The van der Waals surface area contributed by atoms with Crippen LogP contribution < -0.4 is 0 Å². The van der Waals surface area contributed by atoms with Crippen molar-refractivity contribution in [2.75, 3.05) is 0 Å². The Kier molecular flexibility index (Phi) is 3.85. The van der Waals surface area contributed by atoms with E-state index in [1.165, 1.54) is 17.2 Å². The van der Waals surface area contributed by atoms with E-state index in [1.807, 2.05) is 36.4 Å². The van der Waals surface area contributed by atoms with Gasteiger partial charge in [-0.1, -0.05) is 54.1 Å². The molecule has 0 aliphatic heterocycles. The predicted molar refractivity (Wildman–Crippen MR) is 100 cm³/mol. The molecular formula is C22H19FN2. The number of nitrogens with zero attached hydrogens (tertiary/aromatic N) is 2. The molecule has 0 amide bonds. The van der Waals surface area contributed by atoms with Gasteiger partial charge in [0.15, 0.2) is 0 Å². The molecule has 3 aromatic carbocycles. The average molecular weight is 330 g/mol.